The molecule has 20 heavy (non-hydrogen) atoms. The first kappa shape index (κ1) is 18.6. The van der Waals surface area contributed by atoms with E-state index in [0.717, 1.165) is 25.7 Å². The average Bonchev–Trinajstić information content (AvgIpc) is 2.41. The molecule has 116 valence electrons. The Balaban J connectivity index is 3.86. The van der Waals surface area contributed by atoms with E-state index in [-0.39, 0.29) is 19.6 Å². The maximum absolute atomic E-state index is 11.4. The maximum atomic E-state index is 11.4. The van der Waals surface area contributed by atoms with Gasteiger partial charge in [-0.05, 0) is 26.2 Å². The van der Waals surface area contributed by atoms with Gasteiger partial charge in [-0.25, -0.2) is 0 Å². The Bertz CT molecular complexity index is 299. The third-order valence-electron chi connectivity index (χ3n) is 2.99. The van der Waals surface area contributed by atoms with Gasteiger partial charge in [0.2, 0.25) is 0 Å². The van der Waals surface area contributed by atoms with E-state index >= 15 is 0 Å². The van der Waals surface area contributed by atoms with E-state index in [1.807, 2.05) is 13.0 Å². The van der Waals surface area contributed by atoms with Crippen molar-refractivity contribution in [2.45, 2.75) is 51.9 Å². The summed E-state index contributed by atoms with van der Waals surface area (Å²) in [6.07, 6.45) is 8.71. The number of ether oxygens (including phenoxy) is 1. The maximum Gasteiger partial charge on any atom is 0.307 e. The van der Waals surface area contributed by atoms with Crippen LogP contribution in [0.2, 0.25) is 0 Å². The zero-order valence-corrected chi connectivity index (χ0v) is 12.2. The summed E-state index contributed by atoms with van der Waals surface area (Å²) in [5, 5.41) is 17.6. The van der Waals surface area contributed by atoms with Crippen molar-refractivity contribution in [3.8, 4) is 0 Å². The normalized spacial score (nSPS) is 12.5. The van der Waals surface area contributed by atoms with E-state index in [2.05, 4.69) is 6.08 Å². The molecule has 0 saturated heterocycles. The van der Waals surface area contributed by atoms with Crippen LogP contribution in [0.4, 0.5) is 0 Å². The fraction of sp³-hybridized carbons (Fsp3) is 0.733. The van der Waals surface area contributed by atoms with Gasteiger partial charge in [0.05, 0.1) is 18.9 Å². The smallest absolute Gasteiger partial charge is 0.307 e. The molecule has 0 aromatic rings. The second-order valence-electron chi connectivity index (χ2n) is 4.74. The lowest BCUT2D eigenvalue weighted by Gasteiger charge is -2.11. The average molecular weight is 286 g/mol. The number of allylic oxidation sites excluding steroid dienone is 2. The van der Waals surface area contributed by atoms with Gasteiger partial charge in [0, 0.05) is 13.0 Å². The Morgan fingerprint density at radius 2 is 1.95 bits per heavy atom. The second-order valence-corrected chi connectivity index (χ2v) is 4.74. The van der Waals surface area contributed by atoms with Crippen LogP contribution < -0.4 is 0 Å². The number of carboxylic acids is 1. The van der Waals surface area contributed by atoms with Crippen molar-refractivity contribution < 1.29 is 24.5 Å². The molecule has 0 rings (SSSR count). The van der Waals surface area contributed by atoms with Crippen LogP contribution in [0.5, 0.6) is 0 Å². The minimum atomic E-state index is -0.947. The van der Waals surface area contributed by atoms with Crippen LogP contribution in [0.15, 0.2) is 12.2 Å². The monoisotopic (exact) mass is 286 g/mol. The number of unbranched alkanes of at least 4 members (excludes halogenated alkanes) is 3. The van der Waals surface area contributed by atoms with Gasteiger partial charge >= 0.3 is 11.9 Å². The van der Waals surface area contributed by atoms with Crippen LogP contribution in [-0.4, -0.2) is 35.4 Å². The molecule has 0 aliphatic rings. The first-order valence-electron chi connectivity index (χ1n) is 7.22. The molecule has 0 bridgehead atoms. The van der Waals surface area contributed by atoms with Gasteiger partial charge in [-0.1, -0.05) is 25.0 Å². The van der Waals surface area contributed by atoms with E-state index in [1.165, 1.54) is 0 Å². The Morgan fingerprint density at radius 1 is 1.20 bits per heavy atom. The molecule has 0 spiro atoms. The summed E-state index contributed by atoms with van der Waals surface area (Å²) in [5.41, 5.74) is 0. The lowest BCUT2D eigenvalue weighted by atomic mass is 9.97. The number of aliphatic carboxylic acids is 1. The van der Waals surface area contributed by atoms with Crippen LogP contribution in [0.3, 0.4) is 0 Å². The van der Waals surface area contributed by atoms with Gasteiger partial charge in [-0.15, -0.1) is 0 Å². The highest BCUT2D eigenvalue weighted by molar-refractivity contribution is 5.78. The standard InChI is InChI=1S/C15H26O5/c1-2-3-4-5-6-7-9-13(15(18)19)12-14(17)20-11-8-10-16/h2-3,13,16H,4-12H2,1H3,(H,18,19)/b3-2+. The van der Waals surface area contributed by atoms with Gasteiger partial charge in [0.15, 0.2) is 0 Å². The van der Waals surface area contributed by atoms with Gasteiger partial charge < -0.3 is 14.9 Å². The molecule has 0 heterocycles. The molecular formula is C15H26O5. The molecule has 2 N–H and O–H groups in total. The van der Waals surface area contributed by atoms with Crippen LogP contribution in [0, 0.1) is 5.92 Å². The van der Waals surface area contributed by atoms with Crippen molar-refractivity contribution >= 4 is 11.9 Å². The SMILES string of the molecule is C/C=C/CCCCCC(CC(=O)OCCCO)C(=O)O. The molecule has 0 aliphatic heterocycles. The third-order valence-corrected chi connectivity index (χ3v) is 2.99. The number of esters is 1. The van der Waals surface area contributed by atoms with Crippen molar-refractivity contribution in [2.24, 2.45) is 5.92 Å². The molecule has 0 radical (unpaired) electrons. The predicted molar refractivity (Wildman–Crippen MR) is 76.3 cm³/mol. The van der Waals surface area contributed by atoms with E-state index < -0.39 is 17.9 Å². The minimum absolute atomic E-state index is 0.0398. The molecule has 0 aromatic heterocycles. The number of carbonyl (C=O) groups excluding carboxylic acids is 1. The van der Waals surface area contributed by atoms with Crippen molar-refractivity contribution in [1.82, 2.24) is 0 Å². The minimum Gasteiger partial charge on any atom is -0.481 e. The first-order chi connectivity index (χ1) is 9.61. The largest absolute Gasteiger partial charge is 0.481 e. The second kappa shape index (κ2) is 12.7. The Labute approximate surface area is 120 Å². The van der Waals surface area contributed by atoms with Crippen molar-refractivity contribution in [3.05, 3.63) is 12.2 Å². The summed E-state index contributed by atoms with van der Waals surface area (Å²) >= 11 is 0. The van der Waals surface area contributed by atoms with Crippen LogP contribution >= 0.6 is 0 Å². The number of hydrogen-bond acceptors (Lipinski definition) is 4. The lowest BCUT2D eigenvalue weighted by molar-refractivity contribution is -0.152. The number of aliphatic hydroxyl groups excluding tert-OH is 1. The molecule has 5 heteroatoms. The van der Waals surface area contributed by atoms with Gasteiger partial charge in [-0.2, -0.15) is 0 Å². The van der Waals surface area contributed by atoms with Crippen molar-refractivity contribution in [1.29, 1.82) is 0 Å². The predicted octanol–water partition coefficient (Wildman–Crippen LogP) is 2.53. The summed E-state index contributed by atoms with van der Waals surface area (Å²) < 4.78 is 4.85. The van der Waals surface area contributed by atoms with E-state index in [9.17, 15) is 9.59 Å². The first-order valence-corrected chi connectivity index (χ1v) is 7.22. The molecule has 5 nitrogen and oxygen atoms in total. The van der Waals surface area contributed by atoms with Gasteiger partial charge in [0.1, 0.15) is 0 Å². The molecule has 0 aromatic carbocycles. The highest BCUT2D eigenvalue weighted by atomic mass is 16.5. The van der Waals surface area contributed by atoms with Crippen LogP contribution in [-0.2, 0) is 14.3 Å². The lowest BCUT2D eigenvalue weighted by Crippen LogP contribution is -2.20. The van der Waals surface area contributed by atoms with E-state index in [1.54, 1.807) is 0 Å². The Hall–Kier alpha value is -1.36. The zero-order chi connectivity index (χ0) is 15.2. The van der Waals surface area contributed by atoms with E-state index in [4.69, 9.17) is 14.9 Å². The van der Waals surface area contributed by atoms with Gasteiger partial charge in [-0.3, -0.25) is 9.59 Å². The van der Waals surface area contributed by atoms with E-state index in [0.29, 0.717) is 12.8 Å². The third kappa shape index (κ3) is 10.6. The topological polar surface area (TPSA) is 83.8 Å². The number of hydrogen-bond donors (Lipinski definition) is 2. The zero-order valence-electron chi connectivity index (χ0n) is 12.2. The molecule has 1 atom stereocenters. The van der Waals surface area contributed by atoms with Crippen molar-refractivity contribution in [3.63, 3.8) is 0 Å². The molecule has 0 fully saturated rings. The number of carbonyl (C=O) groups is 2. The highest BCUT2D eigenvalue weighted by Gasteiger charge is 2.21. The molecular weight excluding hydrogens is 260 g/mol. The summed E-state index contributed by atoms with van der Waals surface area (Å²) in [5.74, 6) is -2.12. The van der Waals surface area contributed by atoms with Crippen molar-refractivity contribution in [2.75, 3.05) is 13.2 Å². The molecule has 0 saturated carbocycles. The molecule has 0 amide bonds. The Kier molecular flexibility index (Phi) is 11.8. The summed E-state index contributed by atoms with van der Waals surface area (Å²) in [6.45, 7) is 2.08. The number of rotatable bonds is 12. The fourth-order valence-corrected chi connectivity index (χ4v) is 1.82. The van der Waals surface area contributed by atoms with Gasteiger partial charge in [0.25, 0.3) is 0 Å². The summed E-state index contributed by atoms with van der Waals surface area (Å²) in [4.78, 5) is 22.5. The van der Waals surface area contributed by atoms with Crippen LogP contribution in [0.1, 0.15) is 51.9 Å². The highest BCUT2D eigenvalue weighted by Crippen LogP contribution is 2.16. The van der Waals surface area contributed by atoms with Crippen LogP contribution in [0.25, 0.3) is 0 Å². The number of carboxylic acid groups (broad SMARTS) is 1. The summed E-state index contributed by atoms with van der Waals surface area (Å²) in [7, 11) is 0. The Morgan fingerprint density at radius 3 is 2.55 bits per heavy atom. The summed E-state index contributed by atoms with van der Waals surface area (Å²) in [6, 6.07) is 0. The molecule has 0 aliphatic carbocycles. The fourth-order valence-electron chi connectivity index (χ4n) is 1.82. The quantitative estimate of drug-likeness (QED) is 0.327. The number of aliphatic hydroxyl groups is 1. The molecule has 1 unspecified atom stereocenters.